The third kappa shape index (κ3) is 2.44. The number of aliphatic hydroxyl groups excluding tert-OH is 1. The van der Waals surface area contributed by atoms with Gasteiger partial charge in [0.15, 0.2) is 0 Å². The molecule has 90 valence electrons. The summed E-state index contributed by atoms with van der Waals surface area (Å²) in [6.07, 6.45) is 2.14. The third-order valence-electron chi connectivity index (χ3n) is 3.14. The first-order valence-corrected chi connectivity index (χ1v) is 6.66. The molecule has 1 aromatic rings. The Morgan fingerprint density at radius 3 is 2.81 bits per heavy atom. The van der Waals surface area contributed by atoms with Gasteiger partial charge in [0.1, 0.15) is 5.01 Å². The normalized spacial score (nSPS) is 18.9. The number of thiazole rings is 1. The summed E-state index contributed by atoms with van der Waals surface area (Å²) in [5.41, 5.74) is 0.971. The van der Waals surface area contributed by atoms with Gasteiger partial charge in [-0.15, -0.1) is 11.3 Å². The molecule has 0 aliphatic carbocycles. The fourth-order valence-corrected chi connectivity index (χ4v) is 2.86. The van der Waals surface area contributed by atoms with Crippen LogP contribution in [0.4, 0.5) is 0 Å². The van der Waals surface area contributed by atoms with Crippen molar-refractivity contribution >= 4 is 11.3 Å². The van der Waals surface area contributed by atoms with E-state index in [1.807, 2.05) is 13.8 Å². The van der Waals surface area contributed by atoms with Crippen LogP contribution in [0.2, 0.25) is 0 Å². The largest absolute Gasteiger partial charge is 0.395 e. The van der Waals surface area contributed by atoms with Crippen LogP contribution in [0.3, 0.4) is 0 Å². The predicted octanol–water partition coefficient (Wildman–Crippen LogP) is 2.31. The molecule has 0 radical (unpaired) electrons. The number of rotatable bonds is 3. The zero-order valence-electron chi connectivity index (χ0n) is 9.90. The first-order chi connectivity index (χ1) is 7.63. The van der Waals surface area contributed by atoms with Gasteiger partial charge in [0.05, 0.1) is 12.3 Å². The third-order valence-corrected chi connectivity index (χ3v) is 4.36. The van der Waals surface area contributed by atoms with Crippen molar-refractivity contribution in [2.45, 2.75) is 38.0 Å². The molecule has 1 saturated heterocycles. The van der Waals surface area contributed by atoms with E-state index in [0.29, 0.717) is 5.92 Å². The van der Waals surface area contributed by atoms with E-state index in [1.165, 1.54) is 5.69 Å². The van der Waals surface area contributed by atoms with Gasteiger partial charge < -0.3 is 9.84 Å². The number of hydrogen-bond acceptors (Lipinski definition) is 4. The van der Waals surface area contributed by atoms with Crippen LogP contribution in [0.15, 0.2) is 5.38 Å². The summed E-state index contributed by atoms with van der Waals surface area (Å²) in [5.74, 6) is 0.549. The Hall–Kier alpha value is -0.450. The van der Waals surface area contributed by atoms with Gasteiger partial charge in [-0.05, 0) is 12.8 Å². The van der Waals surface area contributed by atoms with Gasteiger partial charge in [0, 0.05) is 29.9 Å². The molecule has 0 spiro atoms. The van der Waals surface area contributed by atoms with E-state index in [2.05, 4.69) is 10.4 Å². The summed E-state index contributed by atoms with van der Waals surface area (Å²) in [5, 5.41) is 12.5. The summed E-state index contributed by atoms with van der Waals surface area (Å²) in [6.45, 7) is 5.90. The van der Waals surface area contributed by atoms with Crippen molar-refractivity contribution in [3.05, 3.63) is 16.1 Å². The summed E-state index contributed by atoms with van der Waals surface area (Å²) in [6, 6.07) is 0. The molecule has 16 heavy (non-hydrogen) atoms. The number of aliphatic hydroxyl groups is 1. The highest BCUT2D eigenvalue weighted by Gasteiger charge is 2.25. The smallest absolute Gasteiger partial charge is 0.101 e. The monoisotopic (exact) mass is 241 g/mol. The van der Waals surface area contributed by atoms with Crippen LogP contribution in [-0.4, -0.2) is 29.9 Å². The number of ether oxygens (including phenoxy) is 1. The topological polar surface area (TPSA) is 42.4 Å². The van der Waals surface area contributed by atoms with Crippen LogP contribution >= 0.6 is 11.3 Å². The Bertz CT molecular complexity index is 343. The lowest BCUT2D eigenvalue weighted by molar-refractivity contribution is 0.0845. The molecule has 0 bridgehead atoms. The van der Waals surface area contributed by atoms with Gasteiger partial charge in [-0.1, -0.05) is 13.8 Å². The Morgan fingerprint density at radius 2 is 2.19 bits per heavy atom. The molecule has 3 nitrogen and oxygen atoms in total. The maximum Gasteiger partial charge on any atom is 0.101 e. The number of aromatic nitrogens is 1. The van der Waals surface area contributed by atoms with Gasteiger partial charge in [-0.3, -0.25) is 0 Å². The zero-order valence-corrected chi connectivity index (χ0v) is 10.7. The van der Waals surface area contributed by atoms with Crippen molar-refractivity contribution in [3.63, 3.8) is 0 Å². The van der Waals surface area contributed by atoms with E-state index < -0.39 is 0 Å². The quantitative estimate of drug-likeness (QED) is 0.883. The maximum absolute atomic E-state index is 9.31. The van der Waals surface area contributed by atoms with Crippen LogP contribution < -0.4 is 0 Å². The van der Waals surface area contributed by atoms with E-state index in [9.17, 15) is 5.11 Å². The minimum Gasteiger partial charge on any atom is -0.395 e. The molecule has 0 aromatic carbocycles. The van der Waals surface area contributed by atoms with E-state index in [1.54, 1.807) is 11.3 Å². The van der Waals surface area contributed by atoms with Crippen molar-refractivity contribution in [2.24, 2.45) is 0 Å². The summed E-state index contributed by atoms with van der Waals surface area (Å²) in [4.78, 5) is 4.68. The molecule has 1 aromatic heterocycles. The first-order valence-electron chi connectivity index (χ1n) is 5.78. The molecule has 0 atom stereocenters. The molecule has 1 aliphatic rings. The molecular formula is C12H19NO2S. The highest BCUT2D eigenvalue weighted by atomic mass is 32.1. The van der Waals surface area contributed by atoms with Crippen molar-refractivity contribution in [2.75, 3.05) is 19.8 Å². The van der Waals surface area contributed by atoms with E-state index >= 15 is 0 Å². The molecule has 1 fully saturated rings. The van der Waals surface area contributed by atoms with Gasteiger partial charge in [-0.2, -0.15) is 0 Å². The molecule has 2 rings (SSSR count). The molecule has 0 amide bonds. The van der Waals surface area contributed by atoms with Gasteiger partial charge >= 0.3 is 0 Å². The first kappa shape index (κ1) is 12.0. The average Bonchev–Trinajstić information content (AvgIpc) is 2.80. The highest BCUT2D eigenvalue weighted by Crippen LogP contribution is 2.32. The van der Waals surface area contributed by atoms with Gasteiger partial charge in [-0.25, -0.2) is 4.98 Å². The maximum atomic E-state index is 9.31. The lowest BCUT2D eigenvalue weighted by Crippen LogP contribution is -2.22. The van der Waals surface area contributed by atoms with Crippen LogP contribution in [0.5, 0.6) is 0 Å². The minimum atomic E-state index is -0.214. The van der Waals surface area contributed by atoms with E-state index in [-0.39, 0.29) is 12.0 Å². The SMILES string of the molecule is CC(C)(CO)c1nc(C2CCOCC2)cs1. The standard InChI is InChI=1S/C12H19NO2S/c1-12(2,8-14)11-13-10(7-16-11)9-3-5-15-6-4-9/h7,9,14H,3-6,8H2,1-2H3. The van der Waals surface area contributed by atoms with Crippen LogP contribution in [-0.2, 0) is 10.2 Å². The second-order valence-corrected chi connectivity index (χ2v) is 5.86. The highest BCUT2D eigenvalue weighted by molar-refractivity contribution is 7.09. The van der Waals surface area contributed by atoms with Crippen LogP contribution in [0.1, 0.15) is 43.3 Å². The predicted molar refractivity (Wildman–Crippen MR) is 65.0 cm³/mol. The molecule has 0 unspecified atom stereocenters. The molecular weight excluding hydrogens is 222 g/mol. The Labute approximate surface area is 100 Å². The van der Waals surface area contributed by atoms with E-state index in [4.69, 9.17) is 4.74 Å². The fourth-order valence-electron chi connectivity index (χ4n) is 1.85. The molecule has 1 N–H and O–H groups in total. The van der Waals surface area contributed by atoms with Gasteiger partial charge in [0.25, 0.3) is 0 Å². The van der Waals surface area contributed by atoms with E-state index in [0.717, 1.165) is 31.1 Å². The van der Waals surface area contributed by atoms with Crippen molar-refractivity contribution in [1.82, 2.24) is 4.98 Å². The van der Waals surface area contributed by atoms with Gasteiger partial charge in [0.2, 0.25) is 0 Å². The summed E-state index contributed by atoms with van der Waals surface area (Å²) >= 11 is 1.66. The minimum absolute atomic E-state index is 0.147. The molecule has 1 aliphatic heterocycles. The summed E-state index contributed by atoms with van der Waals surface area (Å²) in [7, 11) is 0. The van der Waals surface area contributed by atoms with Crippen molar-refractivity contribution in [1.29, 1.82) is 0 Å². The second kappa shape index (κ2) is 4.82. The average molecular weight is 241 g/mol. The number of hydrogen-bond donors (Lipinski definition) is 1. The molecule has 4 heteroatoms. The van der Waals surface area contributed by atoms with Crippen molar-refractivity contribution in [3.8, 4) is 0 Å². The lowest BCUT2D eigenvalue weighted by Gasteiger charge is -2.21. The van der Waals surface area contributed by atoms with Crippen molar-refractivity contribution < 1.29 is 9.84 Å². The Morgan fingerprint density at radius 1 is 1.50 bits per heavy atom. The lowest BCUT2D eigenvalue weighted by atomic mass is 9.95. The van der Waals surface area contributed by atoms with Crippen LogP contribution in [0.25, 0.3) is 0 Å². The molecule has 0 saturated carbocycles. The molecule has 2 heterocycles. The second-order valence-electron chi connectivity index (χ2n) is 5.01. The fraction of sp³-hybridized carbons (Fsp3) is 0.750. The Kier molecular flexibility index (Phi) is 3.62. The van der Waals surface area contributed by atoms with Crippen LogP contribution in [0, 0.1) is 0 Å². The zero-order chi connectivity index (χ0) is 11.6. The number of nitrogens with zero attached hydrogens (tertiary/aromatic N) is 1. The Balaban J connectivity index is 2.12. The summed E-state index contributed by atoms with van der Waals surface area (Å²) < 4.78 is 5.35.